The fraction of sp³-hybridized carbons (Fsp3) is 0.588. The van der Waals surface area contributed by atoms with Crippen molar-refractivity contribution in [3.05, 3.63) is 29.8 Å². The molecule has 2 aliphatic rings. The standard InChI is InChI=1S/C17H22F3N3O5S2/c18-17(19,20)13-2-1-3-15(10-13)30(27,28)21-11-16(24)23-7-5-22(6-8-23)14-4-9-29(25,26)12-14/h1-3,10,14,21H,4-9,11-12H2. The zero-order chi connectivity index (χ0) is 22.2. The number of hydrogen-bond donors (Lipinski definition) is 1. The number of alkyl halides is 3. The van der Waals surface area contributed by atoms with Crippen LogP contribution in [-0.4, -0.2) is 82.8 Å². The van der Waals surface area contributed by atoms with Crippen LogP contribution in [0.25, 0.3) is 0 Å². The fourth-order valence-electron chi connectivity index (χ4n) is 3.59. The Bertz CT molecular complexity index is 1000. The van der Waals surface area contributed by atoms with Gasteiger partial charge >= 0.3 is 6.18 Å². The number of piperazine rings is 1. The van der Waals surface area contributed by atoms with Gasteiger partial charge < -0.3 is 4.90 Å². The molecular weight excluding hydrogens is 447 g/mol. The van der Waals surface area contributed by atoms with E-state index in [1.165, 1.54) is 4.90 Å². The Morgan fingerprint density at radius 2 is 1.83 bits per heavy atom. The van der Waals surface area contributed by atoms with Gasteiger partial charge in [-0.05, 0) is 24.6 Å². The van der Waals surface area contributed by atoms with Gasteiger partial charge in [-0.15, -0.1) is 0 Å². The van der Waals surface area contributed by atoms with Crippen molar-refractivity contribution >= 4 is 25.8 Å². The highest BCUT2D eigenvalue weighted by atomic mass is 32.2. The molecule has 0 saturated carbocycles. The molecule has 1 aromatic rings. The predicted octanol–water partition coefficient (Wildman–Crippen LogP) is 0.315. The van der Waals surface area contributed by atoms with E-state index in [1.807, 2.05) is 9.62 Å². The minimum Gasteiger partial charge on any atom is -0.339 e. The molecule has 13 heteroatoms. The number of sulfonamides is 1. The summed E-state index contributed by atoms with van der Waals surface area (Å²) in [5.74, 6) is -0.226. The first kappa shape index (κ1) is 23.0. The smallest absolute Gasteiger partial charge is 0.339 e. The minimum absolute atomic E-state index is 0.0633. The summed E-state index contributed by atoms with van der Waals surface area (Å²) in [4.78, 5) is 15.2. The van der Waals surface area contributed by atoms with Gasteiger partial charge in [0.15, 0.2) is 9.84 Å². The molecule has 1 aromatic carbocycles. The molecule has 0 aromatic heterocycles. The Kier molecular flexibility index (Phi) is 6.46. The van der Waals surface area contributed by atoms with E-state index in [0.29, 0.717) is 38.7 Å². The number of benzene rings is 1. The van der Waals surface area contributed by atoms with Crippen LogP contribution in [0, 0.1) is 0 Å². The second-order valence-corrected chi connectivity index (χ2v) is 11.3. The summed E-state index contributed by atoms with van der Waals surface area (Å²) < 4.78 is 88.2. The second kappa shape index (κ2) is 8.44. The van der Waals surface area contributed by atoms with Crippen LogP contribution in [0.4, 0.5) is 13.2 Å². The van der Waals surface area contributed by atoms with Crippen molar-refractivity contribution in [2.24, 2.45) is 0 Å². The molecule has 168 valence electrons. The molecular formula is C17H22F3N3O5S2. The summed E-state index contributed by atoms with van der Waals surface area (Å²) in [7, 11) is -7.30. The number of nitrogens with zero attached hydrogens (tertiary/aromatic N) is 2. The van der Waals surface area contributed by atoms with E-state index in [0.717, 1.165) is 18.2 Å². The average molecular weight is 470 g/mol. The van der Waals surface area contributed by atoms with Crippen molar-refractivity contribution in [1.82, 2.24) is 14.5 Å². The van der Waals surface area contributed by atoms with Crippen LogP contribution in [0.3, 0.4) is 0 Å². The van der Waals surface area contributed by atoms with Gasteiger partial charge in [0.25, 0.3) is 0 Å². The first-order valence-corrected chi connectivity index (χ1v) is 12.6. The zero-order valence-corrected chi connectivity index (χ0v) is 17.6. The van der Waals surface area contributed by atoms with Gasteiger partial charge in [-0.25, -0.2) is 21.6 Å². The molecule has 8 nitrogen and oxygen atoms in total. The number of hydrogen-bond acceptors (Lipinski definition) is 6. The van der Waals surface area contributed by atoms with Crippen LogP contribution < -0.4 is 4.72 Å². The maximum absolute atomic E-state index is 12.8. The third-order valence-electron chi connectivity index (χ3n) is 5.28. The largest absolute Gasteiger partial charge is 0.416 e. The lowest BCUT2D eigenvalue weighted by Crippen LogP contribution is -2.53. The summed E-state index contributed by atoms with van der Waals surface area (Å²) in [6, 6.07) is 3.23. The normalized spacial score (nSPS) is 22.9. The van der Waals surface area contributed by atoms with Crippen LogP contribution in [0.15, 0.2) is 29.2 Å². The van der Waals surface area contributed by atoms with E-state index in [1.54, 1.807) is 0 Å². The van der Waals surface area contributed by atoms with Gasteiger partial charge in [-0.3, -0.25) is 9.69 Å². The Morgan fingerprint density at radius 1 is 1.17 bits per heavy atom. The number of nitrogens with one attached hydrogen (secondary N) is 1. The van der Waals surface area contributed by atoms with Crippen LogP contribution in [-0.2, 0) is 30.8 Å². The lowest BCUT2D eigenvalue weighted by Gasteiger charge is -2.37. The third-order valence-corrected chi connectivity index (χ3v) is 8.43. The van der Waals surface area contributed by atoms with E-state index in [-0.39, 0.29) is 17.5 Å². The summed E-state index contributed by atoms with van der Waals surface area (Å²) in [5, 5.41) is 0. The number of halogens is 3. The van der Waals surface area contributed by atoms with Crippen LogP contribution in [0.5, 0.6) is 0 Å². The first-order chi connectivity index (χ1) is 13.9. The number of carbonyl (C=O) groups is 1. The van der Waals surface area contributed by atoms with Gasteiger partial charge in [0.1, 0.15) is 0 Å². The van der Waals surface area contributed by atoms with Crippen LogP contribution >= 0.6 is 0 Å². The molecule has 1 unspecified atom stereocenters. The van der Waals surface area contributed by atoms with E-state index in [4.69, 9.17) is 0 Å². The Morgan fingerprint density at radius 3 is 2.40 bits per heavy atom. The molecule has 1 atom stereocenters. The molecule has 0 bridgehead atoms. The second-order valence-electron chi connectivity index (χ2n) is 7.32. The van der Waals surface area contributed by atoms with Gasteiger partial charge in [-0.1, -0.05) is 6.07 Å². The topological polar surface area (TPSA) is 104 Å². The summed E-state index contributed by atoms with van der Waals surface area (Å²) in [5.41, 5.74) is -1.10. The zero-order valence-electron chi connectivity index (χ0n) is 15.9. The molecule has 0 radical (unpaired) electrons. The van der Waals surface area contributed by atoms with Gasteiger partial charge in [0, 0.05) is 32.2 Å². The SMILES string of the molecule is O=C(CNS(=O)(=O)c1cccc(C(F)(F)F)c1)N1CCN(C2CCS(=O)(=O)C2)CC1. The highest BCUT2D eigenvalue weighted by molar-refractivity contribution is 7.91. The lowest BCUT2D eigenvalue weighted by molar-refractivity contribution is -0.137. The third kappa shape index (κ3) is 5.50. The monoisotopic (exact) mass is 469 g/mol. The highest BCUT2D eigenvalue weighted by Crippen LogP contribution is 2.30. The van der Waals surface area contributed by atoms with Crippen LogP contribution in [0.2, 0.25) is 0 Å². The molecule has 2 aliphatic heterocycles. The van der Waals surface area contributed by atoms with Crippen molar-refractivity contribution in [3.8, 4) is 0 Å². The molecule has 0 spiro atoms. The number of amides is 1. The molecule has 1 amide bonds. The van der Waals surface area contributed by atoms with Crippen molar-refractivity contribution in [2.45, 2.75) is 23.5 Å². The number of rotatable bonds is 5. The molecule has 3 rings (SSSR count). The summed E-state index contributed by atoms with van der Waals surface area (Å²) >= 11 is 0. The molecule has 0 aliphatic carbocycles. The Hall–Kier alpha value is -1.70. The van der Waals surface area contributed by atoms with Gasteiger partial charge in [0.05, 0.1) is 28.5 Å². The number of carbonyl (C=O) groups excluding carboxylic acids is 1. The molecule has 1 N–H and O–H groups in total. The molecule has 30 heavy (non-hydrogen) atoms. The first-order valence-electron chi connectivity index (χ1n) is 9.27. The Balaban J connectivity index is 1.53. The van der Waals surface area contributed by atoms with E-state index >= 15 is 0 Å². The molecule has 2 heterocycles. The van der Waals surface area contributed by atoms with Crippen molar-refractivity contribution in [2.75, 3.05) is 44.2 Å². The van der Waals surface area contributed by atoms with E-state index in [9.17, 15) is 34.8 Å². The minimum atomic E-state index is -4.68. The molecule has 2 fully saturated rings. The highest BCUT2D eigenvalue weighted by Gasteiger charge is 2.35. The van der Waals surface area contributed by atoms with Crippen molar-refractivity contribution < 1.29 is 34.8 Å². The number of sulfone groups is 1. The maximum Gasteiger partial charge on any atom is 0.416 e. The van der Waals surface area contributed by atoms with Gasteiger partial charge in [0.2, 0.25) is 15.9 Å². The summed E-state index contributed by atoms with van der Waals surface area (Å²) in [6.07, 6.45) is -4.12. The quantitative estimate of drug-likeness (QED) is 0.666. The summed E-state index contributed by atoms with van der Waals surface area (Å²) in [6.45, 7) is 1.02. The predicted molar refractivity (Wildman–Crippen MR) is 102 cm³/mol. The van der Waals surface area contributed by atoms with Crippen molar-refractivity contribution in [3.63, 3.8) is 0 Å². The maximum atomic E-state index is 12.8. The Labute approximate surface area is 173 Å². The van der Waals surface area contributed by atoms with E-state index < -0.39 is 48.9 Å². The van der Waals surface area contributed by atoms with Crippen molar-refractivity contribution in [1.29, 1.82) is 0 Å². The van der Waals surface area contributed by atoms with E-state index in [2.05, 4.69) is 0 Å². The van der Waals surface area contributed by atoms with Crippen LogP contribution in [0.1, 0.15) is 12.0 Å². The molecule has 2 saturated heterocycles. The lowest BCUT2D eigenvalue weighted by atomic mass is 10.2. The average Bonchev–Trinajstić information content (AvgIpc) is 3.05. The fourth-order valence-corrected chi connectivity index (χ4v) is 6.37. The van der Waals surface area contributed by atoms with Gasteiger partial charge in [-0.2, -0.15) is 13.2 Å².